The second-order valence-corrected chi connectivity index (χ2v) is 4.31. The monoisotopic (exact) mass is 248 g/mol. The van der Waals surface area contributed by atoms with Crippen LogP contribution in [-0.4, -0.2) is 58.4 Å². The van der Waals surface area contributed by atoms with E-state index in [4.69, 9.17) is 4.74 Å². The molecule has 6 nitrogen and oxygen atoms in total. The predicted molar refractivity (Wildman–Crippen MR) is 60.1 cm³/mol. The van der Waals surface area contributed by atoms with Crippen LogP contribution in [0.15, 0.2) is 12.2 Å². The Hall–Kier alpha value is -0.950. The SMILES string of the molecule is C=C(C)C(=O)OC(C)(CO)C(CO)(CO)CO. The van der Waals surface area contributed by atoms with Gasteiger partial charge in [-0.25, -0.2) is 4.79 Å². The lowest BCUT2D eigenvalue weighted by molar-refractivity contribution is -0.198. The van der Waals surface area contributed by atoms with Crippen molar-refractivity contribution in [1.29, 1.82) is 0 Å². The zero-order chi connectivity index (χ0) is 13.7. The molecule has 0 aliphatic carbocycles. The van der Waals surface area contributed by atoms with Gasteiger partial charge < -0.3 is 25.2 Å². The van der Waals surface area contributed by atoms with Gasteiger partial charge >= 0.3 is 5.97 Å². The van der Waals surface area contributed by atoms with E-state index >= 15 is 0 Å². The van der Waals surface area contributed by atoms with Crippen molar-refractivity contribution in [1.82, 2.24) is 0 Å². The molecule has 0 rings (SSSR count). The highest BCUT2D eigenvalue weighted by Crippen LogP contribution is 2.34. The fraction of sp³-hybridized carbons (Fsp3) is 0.727. The summed E-state index contributed by atoms with van der Waals surface area (Å²) in [5.41, 5.74) is -3.00. The summed E-state index contributed by atoms with van der Waals surface area (Å²) in [5, 5.41) is 37.1. The van der Waals surface area contributed by atoms with Crippen LogP contribution in [0.5, 0.6) is 0 Å². The molecule has 100 valence electrons. The Morgan fingerprint density at radius 3 is 1.76 bits per heavy atom. The number of carbonyl (C=O) groups excluding carboxylic acids is 1. The summed E-state index contributed by atoms with van der Waals surface area (Å²) in [7, 11) is 0. The van der Waals surface area contributed by atoms with E-state index in [2.05, 4.69) is 6.58 Å². The molecule has 0 aliphatic rings. The summed E-state index contributed by atoms with van der Waals surface area (Å²) in [4.78, 5) is 11.4. The third-order valence-electron chi connectivity index (χ3n) is 3.00. The van der Waals surface area contributed by atoms with E-state index in [1.165, 1.54) is 13.8 Å². The summed E-state index contributed by atoms with van der Waals surface area (Å²) in [6, 6.07) is 0. The van der Waals surface area contributed by atoms with Gasteiger partial charge in [0.2, 0.25) is 0 Å². The number of aliphatic hydroxyl groups excluding tert-OH is 4. The first-order valence-corrected chi connectivity index (χ1v) is 5.15. The Kier molecular flexibility index (Phi) is 5.77. The van der Waals surface area contributed by atoms with Crippen LogP contribution in [0.1, 0.15) is 13.8 Å². The molecule has 0 saturated heterocycles. The van der Waals surface area contributed by atoms with E-state index < -0.39 is 43.4 Å². The Morgan fingerprint density at radius 2 is 1.53 bits per heavy atom. The topological polar surface area (TPSA) is 107 Å². The summed E-state index contributed by atoms with van der Waals surface area (Å²) in [6.45, 7) is 3.59. The minimum atomic E-state index is -1.60. The lowest BCUT2D eigenvalue weighted by Gasteiger charge is -2.43. The van der Waals surface area contributed by atoms with E-state index in [1.54, 1.807) is 0 Å². The lowest BCUT2D eigenvalue weighted by Crippen LogP contribution is -2.58. The third-order valence-corrected chi connectivity index (χ3v) is 3.00. The highest BCUT2D eigenvalue weighted by atomic mass is 16.6. The Morgan fingerprint density at radius 1 is 1.12 bits per heavy atom. The zero-order valence-corrected chi connectivity index (χ0v) is 10.1. The average Bonchev–Trinajstić information content (AvgIpc) is 2.31. The highest BCUT2D eigenvalue weighted by molar-refractivity contribution is 5.87. The maximum atomic E-state index is 11.4. The van der Waals surface area contributed by atoms with Gasteiger partial charge in [0.15, 0.2) is 0 Å². The second kappa shape index (κ2) is 6.11. The molecule has 0 fully saturated rings. The summed E-state index contributed by atoms with van der Waals surface area (Å²) >= 11 is 0. The number of hydrogen-bond acceptors (Lipinski definition) is 6. The van der Waals surface area contributed by atoms with Gasteiger partial charge in [0, 0.05) is 5.57 Å². The molecular weight excluding hydrogens is 228 g/mol. The molecule has 6 heteroatoms. The van der Waals surface area contributed by atoms with Gasteiger partial charge in [0.05, 0.1) is 31.8 Å². The van der Waals surface area contributed by atoms with Gasteiger partial charge in [0.1, 0.15) is 5.60 Å². The highest BCUT2D eigenvalue weighted by Gasteiger charge is 2.50. The molecule has 0 aromatic heterocycles. The first-order valence-electron chi connectivity index (χ1n) is 5.15. The maximum Gasteiger partial charge on any atom is 0.333 e. The molecule has 0 aromatic carbocycles. The van der Waals surface area contributed by atoms with E-state index in [-0.39, 0.29) is 5.57 Å². The lowest BCUT2D eigenvalue weighted by atomic mass is 9.74. The fourth-order valence-corrected chi connectivity index (χ4v) is 1.25. The Balaban J connectivity index is 5.23. The number of rotatable bonds is 7. The van der Waals surface area contributed by atoms with Gasteiger partial charge in [-0.15, -0.1) is 0 Å². The largest absolute Gasteiger partial charge is 0.453 e. The smallest absolute Gasteiger partial charge is 0.333 e. The van der Waals surface area contributed by atoms with E-state index in [0.29, 0.717) is 0 Å². The van der Waals surface area contributed by atoms with Gasteiger partial charge in [0.25, 0.3) is 0 Å². The van der Waals surface area contributed by atoms with E-state index in [1.807, 2.05) is 0 Å². The molecule has 0 spiro atoms. The van der Waals surface area contributed by atoms with Crippen molar-refractivity contribution in [2.45, 2.75) is 19.4 Å². The molecular formula is C11H20O6. The minimum absolute atomic E-state index is 0.118. The zero-order valence-electron chi connectivity index (χ0n) is 10.1. The van der Waals surface area contributed by atoms with Crippen molar-refractivity contribution in [2.75, 3.05) is 26.4 Å². The van der Waals surface area contributed by atoms with Crippen LogP contribution in [0.4, 0.5) is 0 Å². The molecule has 0 saturated carbocycles. The molecule has 1 atom stereocenters. The first kappa shape index (κ1) is 16.1. The van der Waals surface area contributed by atoms with Crippen LogP contribution in [0.25, 0.3) is 0 Å². The Labute approximate surface area is 100 Å². The molecule has 0 aliphatic heterocycles. The van der Waals surface area contributed by atoms with Crippen LogP contribution >= 0.6 is 0 Å². The molecule has 0 aromatic rings. The van der Waals surface area contributed by atoms with Crippen LogP contribution in [-0.2, 0) is 9.53 Å². The molecule has 17 heavy (non-hydrogen) atoms. The Bertz CT molecular complexity index is 275. The van der Waals surface area contributed by atoms with Crippen LogP contribution in [0, 0.1) is 5.41 Å². The number of hydrogen-bond donors (Lipinski definition) is 4. The number of aliphatic hydroxyl groups is 4. The van der Waals surface area contributed by atoms with Gasteiger partial charge in [-0.1, -0.05) is 6.58 Å². The van der Waals surface area contributed by atoms with Crippen molar-refractivity contribution in [3.05, 3.63) is 12.2 Å². The molecule has 1 unspecified atom stereocenters. The first-order chi connectivity index (χ1) is 7.82. The van der Waals surface area contributed by atoms with Crippen molar-refractivity contribution >= 4 is 5.97 Å². The maximum absolute atomic E-state index is 11.4. The van der Waals surface area contributed by atoms with Gasteiger partial charge in [-0.3, -0.25) is 0 Å². The van der Waals surface area contributed by atoms with Crippen LogP contribution in [0.3, 0.4) is 0 Å². The van der Waals surface area contributed by atoms with Crippen molar-refractivity contribution in [2.24, 2.45) is 5.41 Å². The summed E-state index contributed by atoms with van der Waals surface area (Å²) < 4.78 is 5.02. The van der Waals surface area contributed by atoms with Crippen molar-refractivity contribution < 1.29 is 30.0 Å². The number of ether oxygens (including phenoxy) is 1. The minimum Gasteiger partial charge on any atom is -0.453 e. The van der Waals surface area contributed by atoms with Gasteiger partial charge in [-0.2, -0.15) is 0 Å². The van der Waals surface area contributed by atoms with E-state index in [9.17, 15) is 25.2 Å². The molecule has 0 bridgehead atoms. The quantitative estimate of drug-likeness (QED) is 0.334. The summed E-state index contributed by atoms with van der Waals surface area (Å²) in [6.07, 6.45) is 0. The fourth-order valence-electron chi connectivity index (χ4n) is 1.25. The van der Waals surface area contributed by atoms with Crippen LogP contribution < -0.4 is 0 Å². The molecule has 0 radical (unpaired) electrons. The average molecular weight is 248 g/mol. The number of carbonyl (C=O) groups is 1. The molecule has 4 N–H and O–H groups in total. The standard InChI is InChI=1S/C11H20O6/c1-8(2)9(16)17-10(3,4-12)11(5-13,6-14)7-15/h12-15H,1,4-7H2,2-3H3. The third kappa shape index (κ3) is 3.04. The van der Waals surface area contributed by atoms with Crippen LogP contribution in [0.2, 0.25) is 0 Å². The normalized spacial score (nSPS) is 15.2. The second-order valence-electron chi connectivity index (χ2n) is 4.31. The molecule has 0 heterocycles. The molecule has 0 amide bonds. The van der Waals surface area contributed by atoms with Crippen molar-refractivity contribution in [3.8, 4) is 0 Å². The number of esters is 1. The summed E-state index contributed by atoms with van der Waals surface area (Å²) in [5.74, 6) is -0.763. The van der Waals surface area contributed by atoms with Gasteiger partial charge in [-0.05, 0) is 13.8 Å². The predicted octanol–water partition coefficient (Wildman–Crippen LogP) is -1.18. The van der Waals surface area contributed by atoms with E-state index in [0.717, 1.165) is 0 Å². The van der Waals surface area contributed by atoms with Crippen molar-refractivity contribution in [3.63, 3.8) is 0 Å².